The summed E-state index contributed by atoms with van der Waals surface area (Å²) in [5.41, 5.74) is 2.63. The topological polar surface area (TPSA) is 75.3 Å². The van der Waals surface area contributed by atoms with Crippen LogP contribution in [-0.2, 0) is 27.3 Å². The Kier molecular flexibility index (Phi) is 8.39. The fourth-order valence-corrected chi connectivity index (χ4v) is 3.64. The number of ether oxygens (including phenoxy) is 2. The van der Waals surface area contributed by atoms with E-state index < -0.39 is 0 Å². The van der Waals surface area contributed by atoms with Gasteiger partial charge < -0.3 is 9.47 Å². The zero-order valence-electron chi connectivity index (χ0n) is 18.9. The van der Waals surface area contributed by atoms with Gasteiger partial charge in [0.15, 0.2) is 0 Å². The molecule has 3 rings (SSSR count). The number of hydrogen-bond donors (Lipinski definition) is 0. The standard InChI is InChI=1S/C25H31N3O4/c1-4-23(19(3)32-17-21-9-7-6-8-10-21)28-25(30)27(18-26-28)22-14-11-20(12-15-22)13-16-24(29)31-5-2/h6-12,14-15,18-19,23H,4-5,13,16-17H2,1-3H3/t19-,23-/m0/s1. The molecule has 0 aliphatic heterocycles. The van der Waals surface area contributed by atoms with Crippen LogP contribution in [-0.4, -0.2) is 33.0 Å². The molecule has 0 fully saturated rings. The van der Waals surface area contributed by atoms with Gasteiger partial charge in [0, 0.05) is 6.42 Å². The minimum atomic E-state index is -0.205. The van der Waals surface area contributed by atoms with Crippen molar-refractivity contribution >= 4 is 5.97 Å². The lowest BCUT2D eigenvalue weighted by molar-refractivity contribution is -0.143. The second-order valence-electron chi connectivity index (χ2n) is 7.68. The Morgan fingerprint density at radius 3 is 2.41 bits per heavy atom. The Morgan fingerprint density at radius 2 is 1.75 bits per heavy atom. The number of carbonyl (C=O) groups excluding carboxylic acids is 1. The SMILES string of the molecule is CCOC(=O)CCc1ccc(-n2cnn([C@@H](CC)[C@H](C)OCc3ccccc3)c2=O)cc1. The molecule has 0 radical (unpaired) electrons. The minimum absolute atomic E-state index is 0.170. The van der Waals surface area contributed by atoms with E-state index in [1.807, 2.05) is 68.4 Å². The fraction of sp³-hybridized carbons (Fsp3) is 0.400. The number of carbonyl (C=O) groups is 1. The maximum absolute atomic E-state index is 13.1. The Bertz CT molecular complexity index is 1040. The van der Waals surface area contributed by atoms with Crippen LogP contribution in [0.25, 0.3) is 5.69 Å². The van der Waals surface area contributed by atoms with Crippen LogP contribution in [0, 0.1) is 0 Å². The highest BCUT2D eigenvalue weighted by Gasteiger charge is 2.22. The van der Waals surface area contributed by atoms with Crippen molar-refractivity contribution in [2.24, 2.45) is 0 Å². The molecule has 2 aromatic carbocycles. The zero-order chi connectivity index (χ0) is 22.9. The highest BCUT2D eigenvalue weighted by Crippen LogP contribution is 2.18. The van der Waals surface area contributed by atoms with Gasteiger partial charge in [0.2, 0.25) is 0 Å². The molecule has 0 amide bonds. The van der Waals surface area contributed by atoms with Crippen LogP contribution >= 0.6 is 0 Å². The van der Waals surface area contributed by atoms with Gasteiger partial charge in [-0.3, -0.25) is 4.79 Å². The molecule has 0 bridgehead atoms. The molecule has 0 saturated carbocycles. The molecule has 3 aromatic rings. The van der Waals surface area contributed by atoms with Crippen molar-refractivity contribution in [3.05, 3.63) is 82.5 Å². The number of esters is 1. The van der Waals surface area contributed by atoms with Gasteiger partial charge in [-0.05, 0) is 49.9 Å². The summed E-state index contributed by atoms with van der Waals surface area (Å²) >= 11 is 0. The van der Waals surface area contributed by atoms with E-state index >= 15 is 0 Å². The van der Waals surface area contributed by atoms with Gasteiger partial charge in [0.25, 0.3) is 0 Å². The number of rotatable bonds is 11. The van der Waals surface area contributed by atoms with Crippen LogP contribution in [0.3, 0.4) is 0 Å². The fourth-order valence-electron chi connectivity index (χ4n) is 3.64. The van der Waals surface area contributed by atoms with E-state index in [0.717, 1.165) is 23.2 Å². The van der Waals surface area contributed by atoms with Crippen LogP contribution in [0.5, 0.6) is 0 Å². The first-order chi connectivity index (χ1) is 15.5. The maximum atomic E-state index is 13.1. The molecule has 0 unspecified atom stereocenters. The molecular weight excluding hydrogens is 406 g/mol. The first-order valence-electron chi connectivity index (χ1n) is 11.1. The second kappa shape index (κ2) is 11.4. The third kappa shape index (κ3) is 5.95. The monoisotopic (exact) mass is 437 g/mol. The van der Waals surface area contributed by atoms with Crippen molar-refractivity contribution in [3.63, 3.8) is 0 Å². The van der Waals surface area contributed by atoms with Gasteiger partial charge in [-0.2, -0.15) is 5.10 Å². The molecule has 0 aliphatic carbocycles. The maximum Gasteiger partial charge on any atom is 0.350 e. The molecule has 2 atom stereocenters. The lowest BCUT2D eigenvalue weighted by Crippen LogP contribution is -2.33. The van der Waals surface area contributed by atoms with E-state index in [9.17, 15) is 9.59 Å². The molecule has 0 N–H and O–H groups in total. The predicted molar refractivity (Wildman–Crippen MR) is 123 cm³/mol. The summed E-state index contributed by atoms with van der Waals surface area (Å²) in [6.45, 7) is 6.67. The number of nitrogens with zero attached hydrogens (tertiary/aromatic N) is 3. The van der Waals surface area contributed by atoms with E-state index in [2.05, 4.69) is 5.10 Å². The number of aryl methyl sites for hydroxylation is 1. The van der Waals surface area contributed by atoms with E-state index in [1.54, 1.807) is 13.3 Å². The van der Waals surface area contributed by atoms with Crippen LogP contribution in [0.15, 0.2) is 65.7 Å². The van der Waals surface area contributed by atoms with E-state index in [-0.39, 0.29) is 23.8 Å². The summed E-state index contributed by atoms with van der Waals surface area (Å²) < 4.78 is 14.0. The van der Waals surface area contributed by atoms with Gasteiger partial charge in [-0.25, -0.2) is 14.0 Å². The van der Waals surface area contributed by atoms with Crippen LogP contribution in [0.4, 0.5) is 0 Å². The average molecular weight is 438 g/mol. The molecule has 0 spiro atoms. The number of aromatic nitrogens is 3. The zero-order valence-corrected chi connectivity index (χ0v) is 18.9. The van der Waals surface area contributed by atoms with Crippen molar-refractivity contribution in [1.82, 2.24) is 14.3 Å². The van der Waals surface area contributed by atoms with Gasteiger partial charge in [-0.15, -0.1) is 0 Å². The molecule has 7 heteroatoms. The molecule has 0 saturated heterocycles. The quantitative estimate of drug-likeness (QED) is 0.423. The molecule has 1 aromatic heterocycles. The summed E-state index contributed by atoms with van der Waals surface area (Å²) in [6.07, 6.45) is 3.03. The highest BCUT2D eigenvalue weighted by molar-refractivity contribution is 5.69. The van der Waals surface area contributed by atoms with Gasteiger partial charge >= 0.3 is 11.7 Å². The summed E-state index contributed by atoms with van der Waals surface area (Å²) in [6, 6.07) is 17.4. The van der Waals surface area contributed by atoms with Crippen molar-refractivity contribution in [2.75, 3.05) is 6.61 Å². The summed E-state index contributed by atoms with van der Waals surface area (Å²) in [7, 11) is 0. The smallest absolute Gasteiger partial charge is 0.350 e. The number of hydrogen-bond acceptors (Lipinski definition) is 5. The normalized spacial score (nSPS) is 13.0. The van der Waals surface area contributed by atoms with E-state index in [0.29, 0.717) is 26.1 Å². The summed E-state index contributed by atoms with van der Waals surface area (Å²) in [5, 5.41) is 4.37. The van der Waals surface area contributed by atoms with Gasteiger partial charge in [0.1, 0.15) is 6.33 Å². The van der Waals surface area contributed by atoms with Crippen molar-refractivity contribution in [2.45, 2.75) is 58.8 Å². The van der Waals surface area contributed by atoms with Crippen LogP contribution in [0.2, 0.25) is 0 Å². The van der Waals surface area contributed by atoms with Crippen molar-refractivity contribution in [1.29, 1.82) is 0 Å². The van der Waals surface area contributed by atoms with Crippen LogP contribution in [0.1, 0.15) is 50.8 Å². The van der Waals surface area contributed by atoms with Crippen LogP contribution < -0.4 is 5.69 Å². The second-order valence-corrected chi connectivity index (χ2v) is 7.68. The molecule has 32 heavy (non-hydrogen) atoms. The van der Waals surface area contributed by atoms with Gasteiger partial charge in [-0.1, -0.05) is 49.4 Å². The molecular formula is C25H31N3O4. The molecule has 7 nitrogen and oxygen atoms in total. The first-order valence-corrected chi connectivity index (χ1v) is 11.1. The lowest BCUT2D eigenvalue weighted by Gasteiger charge is -2.22. The molecule has 1 heterocycles. The summed E-state index contributed by atoms with van der Waals surface area (Å²) in [5.74, 6) is -0.205. The lowest BCUT2D eigenvalue weighted by atomic mass is 10.1. The minimum Gasteiger partial charge on any atom is -0.466 e. The third-order valence-corrected chi connectivity index (χ3v) is 5.46. The summed E-state index contributed by atoms with van der Waals surface area (Å²) in [4.78, 5) is 24.6. The predicted octanol–water partition coefficient (Wildman–Crippen LogP) is 4.09. The Labute approximate surface area is 188 Å². The molecule has 0 aliphatic rings. The molecule has 170 valence electrons. The van der Waals surface area contributed by atoms with Crippen molar-refractivity contribution < 1.29 is 14.3 Å². The Morgan fingerprint density at radius 1 is 1.03 bits per heavy atom. The van der Waals surface area contributed by atoms with E-state index in [1.165, 1.54) is 9.25 Å². The average Bonchev–Trinajstić information content (AvgIpc) is 3.19. The Balaban J connectivity index is 1.67. The highest BCUT2D eigenvalue weighted by atomic mass is 16.5. The largest absolute Gasteiger partial charge is 0.466 e. The van der Waals surface area contributed by atoms with E-state index in [4.69, 9.17) is 9.47 Å². The van der Waals surface area contributed by atoms with Crippen molar-refractivity contribution in [3.8, 4) is 5.69 Å². The first kappa shape index (κ1) is 23.5. The third-order valence-electron chi connectivity index (χ3n) is 5.46. The Hall–Kier alpha value is -3.19. The van der Waals surface area contributed by atoms with Gasteiger partial charge in [0.05, 0.1) is 31.0 Å². The number of benzene rings is 2.